The lowest BCUT2D eigenvalue weighted by Crippen LogP contribution is -2.53. The van der Waals surface area contributed by atoms with Crippen molar-refractivity contribution < 1.29 is 18.0 Å². The minimum Gasteiger partial charge on any atom is -0.392 e. The average molecular weight is 322 g/mol. The third kappa shape index (κ3) is 3.87. The number of hydrogen-bond acceptors (Lipinski definition) is 2. The molecule has 120 valence electrons. The van der Waals surface area contributed by atoms with Crippen molar-refractivity contribution in [3.63, 3.8) is 0 Å². The Labute approximate surface area is 128 Å². The van der Waals surface area contributed by atoms with E-state index in [4.69, 9.17) is 18.0 Å². The molecule has 0 heterocycles. The lowest BCUT2D eigenvalue weighted by Gasteiger charge is -2.36. The van der Waals surface area contributed by atoms with Gasteiger partial charge in [0.2, 0.25) is 5.91 Å². The van der Waals surface area contributed by atoms with E-state index in [9.17, 15) is 18.0 Å². The molecule has 3 nitrogen and oxygen atoms in total. The largest absolute Gasteiger partial charge is 0.406 e. The second kappa shape index (κ2) is 6.10. The van der Waals surface area contributed by atoms with Crippen LogP contribution in [0.3, 0.4) is 0 Å². The predicted octanol–water partition coefficient (Wildman–Crippen LogP) is 3.17. The van der Waals surface area contributed by atoms with E-state index in [1.54, 1.807) is 0 Å². The van der Waals surface area contributed by atoms with E-state index in [2.05, 4.69) is 0 Å². The zero-order valence-corrected chi connectivity index (χ0v) is 12.7. The summed E-state index contributed by atoms with van der Waals surface area (Å²) < 4.78 is 38.3. The van der Waals surface area contributed by atoms with Crippen LogP contribution in [0.25, 0.3) is 0 Å². The molecule has 0 unspecified atom stereocenters. The average Bonchev–Trinajstić information content (AvgIpc) is 3.20. The number of carbonyl (C=O) groups is 1. The fraction of sp³-hybridized carbons (Fsp3) is 0.857. The van der Waals surface area contributed by atoms with Gasteiger partial charge in [-0.2, -0.15) is 13.2 Å². The molecule has 2 rings (SSSR count). The molecular formula is C14H21F3N2OS. The van der Waals surface area contributed by atoms with E-state index in [0.717, 1.165) is 30.6 Å². The van der Waals surface area contributed by atoms with E-state index in [1.807, 2.05) is 0 Å². The molecule has 0 aromatic heterocycles. The summed E-state index contributed by atoms with van der Waals surface area (Å²) in [6.45, 7) is -1.19. The number of carbonyl (C=O) groups excluding carboxylic acids is 1. The van der Waals surface area contributed by atoms with Crippen molar-refractivity contribution in [3.8, 4) is 0 Å². The highest BCUT2D eigenvalue weighted by Crippen LogP contribution is 2.41. The third-order valence-corrected chi connectivity index (χ3v) is 4.83. The molecule has 0 atom stereocenters. The number of thiocarbonyl (C=S) groups is 1. The van der Waals surface area contributed by atoms with Gasteiger partial charge in [-0.15, -0.1) is 0 Å². The molecule has 2 fully saturated rings. The molecule has 21 heavy (non-hydrogen) atoms. The number of rotatable bonds is 4. The van der Waals surface area contributed by atoms with Crippen LogP contribution in [-0.4, -0.2) is 34.6 Å². The fourth-order valence-corrected chi connectivity index (χ4v) is 3.41. The zero-order chi connectivity index (χ0) is 15.7. The first-order valence-corrected chi connectivity index (χ1v) is 7.85. The summed E-state index contributed by atoms with van der Waals surface area (Å²) in [6, 6.07) is -0.298. The summed E-state index contributed by atoms with van der Waals surface area (Å²) in [6.07, 6.45) is 1.34. The summed E-state index contributed by atoms with van der Waals surface area (Å²) >= 11 is 5.08. The standard InChI is InChI=1S/C14H21F3N2OS/c15-14(16,17)9-19(10-5-6-10)12(20)13(11(18)21)7-3-1-2-4-8-13/h10H,1-9H2,(H2,18,21). The first-order chi connectivity index (χ1) is 9.76. The molecule has 0 aromatic rings. The first kappa shape index (κ1) is 16.5. The van der Waals surface area contributed by atoms with Crippen LogP contribution in [0.5, 0.6) is 0 Å². The second-order valence-corrected chi connectivity index (χ2v) is 6.58. The number of hydrogen-bond donors (Lipinski definition) is 1. The molecule has 2 N–H and O–H groups in total. The highest BCUT2D eigenvalue weighted by molar-refractivity contribution is 7.80. The van der Waals surface area contributed by atoms with Crippen LogP contribution in [0.2, 0.25) is 0 Å². The smallest absolute Gasteiger partial charge is 0.392 e. The van der Waals surface area contributed by atoms with Crippen LogP contribution < -0.4 is 5.73 Å². The van der Waals surface area contributed by atoms with Crippen molar-refractivity contribution in [1.82, 2.24) is 4.90 Å². The molecule has 7 heteroatoms. The third-order valence-electron chi connectivity index (χ3n) is 4.44. The molecule has 0 bridgehead atoms. The molecule has 2 aliphatic carbocycles. The Bertz CT molecular complexity index is 413. The number of amides is 1. The van der Waals surface area contributed by atoms with Crippen molar-refractivity contribution in [3.05, 3.63) is 0 Å². The maximum absolute atomic E-state index is 12.8. The van der Waals surface area contributed by atoms with Gasteiger partial charge in [0.1, 0.15) is 6.54 Å². The van der Waals surface area contributed by atoms with Gasteiger partial charge >= 0.3 is 6.18 Å². The van der Waals surface area contributed by atoms with Crippen LogP contribution in [0.4, 0.5) is 13.2 Å². The zero-order valence-electron chi connectivity index (χ0n) is 11.9. The summed E-state index contributed by atoms with van der Waals surface area (Å²) in [5, 5.41) is 0. The van der Waals surface area contributed by atoms with E-state index in [0.29, 0.717) is 25.7 Å². The van der Waals surface area contributed by atoms with Crippen molar-refractivity contribution in [2.24, 2.45) is 11.1 Å². The van der Waals surface area contributed by atoms with Crippen LogP contribution in [-0.2, 0) is 4.79 Å². The van der Waals surface area contributed by atoms with Gasteiger partial charge in [-0.3, -0.25) is 4.79 Å². The minimum absolute atomic E-state index is 0.0576. The SMILES string of the molecule is NC(=S)C1(C(=O)N(CC(F)(F)F)C2CC2)CCCCCC1. The van der Waals surface area contributed by atoms with Crippen LogP contribution in [0, 0.1) is 5.41 Å². The Morgan fingerprint density at radius 1 is 1.19 bits per heavy atom. The molecule has 0 aliphatic heterocycles. The topological polar surface area (TPSA) is 46.3 Å². The van der Waals surface area contributed by atoms with Gasteiger partial charge in [0.15, 0.2) is 0 Å². The molecule has 0 radical (unpaired) electrons. The molecular weight excluding hydrogens is 301 g/mol. The number of nitrogens with two attached hydrogens (primary N) is 1. The van der Waals surface area contributed by atoms with Crippen molar-refractivity contribution in [1.29, 1.82) is 0 Å². The van der Waals surface area contributed by atoms with E-state index >= 15 is 0 Å². The monoisotopic (exact) mass is 322 g/mol. The normalized spacial score (nSPS) is 22.4. The van der Waals surface area contributed by atoms with Gasteiger partial charge in [0, 0.05) is 6.04 Å². The minimum atomic E-state index is -4.39. The Morgan fingerprint density at radius 2 is 1.71 bits per heavy atom. The van der Waals surface area contributed by atoms with Crippen molar-refractivity contribution in [2.75, 3.05) is 6.54 Å². The summed E-state index contributed by atoms with van der Waals surface area (Å²) in [4.78, 5) is 13.9. The summed E-state index contributed by atoms with van der Waals surface area (Å²) in [7, 11) is 0. The van der Waals surface area contributed by atoms with Crippen molar-refractivity contribution >= 4 is 23.1 Å². The van der Waals surface area contributed by atoms with Gasteiger partial charge in [-0.25, -0.2) is 0 Å². The van der Waals surface area contributed by atoms with E-state index < -0.39 is 24.0 Å². The molecule has 1 amide bonds. The summed E-state index contributed by atoms with van der Waals surface area (Å²) in [5.41, 5.74) is 4.73. The van der Waals surface area contributed by atoms with E-state index in [1.165, 1.54) is 0 Å². The van der Waals surface area contributed by atoms with Crippen molar-refractivity contribution in [2.45, 2.75) is 63.6 Å². The number of halogens is 3. The Balaban J connectivity index is 2.24. The van der Waals surface area contributed by atoms with Gasteiger partial charge < -0.3 is 10.6 Å². The maximum Gasteiger partial charge on any atom is 0.406 e. The Morgan fingerprint density at radius 3 is 2.10 bits per heavy atom. The molecule has 2 aliphatic rings. The highest BCUT2D eigenvalue weighted by atomic mass is 32.1. The Kier molecular flexibility index (Phi) is 4.80. The van der Waals surface area contributed by atoms with Gasteiger partial charge in [-0.05, 0) is 25.7 Å². The highest BCUT2D eigenvalue weighted by Gasteiger charge is 2.49. The lowest BCUT2D eigenvalue weighted by molar-refractivity contribution is -0.167. The molecule has 0 aromatic carbocycles. The molecule has 2 saturated carbocycles. The van der Waals surface area contributed by atoms with Gasteiger partial charge in [0.05, 0.1) is 10.4 Å². The lowest BCUT2D eigenvalue weighted by atomic mass is 9.78. The second-order valence-electron chi connectivity index (χ2n) is 6.14. The predicted molar refractivity (Wildman–Crippen MR) is 77.7 cm³/mol. The summed E-state index contributed by atoms with van der Waals surface area (Å²) in [5.74, 6) is -0.503. The van der Waals surface area contributed by atoms with Gasteiger partial charge in [0.25, 0.3) is 0 Å². The fourth-order valence-electron chi connectivity index (χ4n) is 3.12. The molecule has 0 spiro atoms. The van der Waals surface area contributed by atoms with Gasteiger partial charge in [-0.1, -0.05) is 37.9 Å². The van der Waals surface area contributed by atoms with Crippen LogP contribution >= 0.6 is 12.2 Å². The number of nitrogens with zero attached hydrogens (tertiary/aromatic N) is 1. The number of alkyl halides is 3. The first-order valence-electron chi connectivity index (χ1n) is 7.44. The maximum atomic E-state index is 12.8. The Hall–Kier alpha value is -0.850. The molecule has 0 saturated heterocycles. The van der Waals surface area contributed by atoms with Crippen LogP contribution in [0.15, 0.2) is 0 Å². The van der Waals surface area contributed by atoms with Crippen LogP contribution in [0.1, 0.15) is 51.4 Å². The van der Waals surface area contributed by atoms with E-state index in [-0.39, 0.29) is 11.0 Å². The quantitative estimate of drug-likeness (QED) is 0.639.